The number of likely N-dealkylation sites (N-methyl/N-ethyl adjacent to an activating group) is 1. The standard InChI is InChI=1S/C22H36N6.HI/c1-3-23-21(28-11-9-22(18-28)7-4-5-8-22)25-17-19-6-10-24-20(16-19)27-14-12-26(2)13-15-27;/h6,10,16H,3-5,7-9,11-15,17-18H2,1-2H3,(H,23,25);1H. The number of pyridine rings is 1. The number of hydrogen-bond acceptors (Lipinski definition) is 4. The zero-order valence-corrected chi connectivity index (χ0v) is 20.4. The van der Waals surface area contributed by atoms with Crippen molar-refractivity contribution < 1.29 is 0 Å². The number of halogens is 1. The van der Waals surface area contributed by atoms with E-state index in [1.54, 1.807) is 0 Å². The van der Waals surface area contributed by atoms with Crippen LogP contribution in [0.5, 0.6) is 0 Å². The molecule has 162 valence electrons. The fourth-order valence-corrected chi connectivity index (χ4v) is 5.01. The van der Waals surface area contributed by atoms with Gasteiger partial charge in [0.05, 0.1) is 6.54 Å². The van der Waals surface area contributed by atoms with Gasteiger partial charge in [0.15, 0.2) is 5.96 Å². The van der Waals surface area contributed by atoms with Gasteiger partial charge in [-0.05, 0) is 56.3 Å². The van der Waals surface area contributed by atoms with Gasteiger partial charge in [0.1, 0.15) is 5.82 Å². The van der Waals surface area contributed by atoms with Crippen LogP contribution < -0.4 is 10.2 Å². The van der Waals surface area contributed by atoms with Gasteiger partial charge in [-0.15, -0.1) is 24.0 Å². The molecule has 29 heavy (non-hydrogen) atoms. The van der Waals surface area contributed by atoms with Crippen LogP contribution in [0.15, 0.2) is 23.3 Å². The number of hydrogen-bond donors (Lipinski definition) is 1. The van der Waals surface area contributed by atoms with E-state index in [9.17, 15) is 0 Å². The highest BCUT2D eigenvalue weighted by molar-refractivity contribution is 14.0. The Labute approximate surface area is 193 Å². The predicted molar refractivity (Wildman–Crippen MR) is 131 cm³/mol. The molecule has 2 saturated heterocycles. The Hall–Kier alpha value is -1.09. The topological polar surface area (TPSA) is 47.0 Å². The number of likely N-dealkylation sites (tertiary alicyclic amines) is 1. The van der Waals surface area contributed by atoms with Crippen LogP contribution in [0.25, 0.3) is 0 Å². The summed E-state index contributed by atoms with van der Waals surface area (Å²) >= 11 is 0. The normalized spacial score (nSPS) is 22.2. The molecule has 2 aliphatic heterocycles. The Balaban J connectivity index is 0.00000240. The van der Waals surface area contributed by atoms with Crippen molar-refractivity contribution >= 4 is 35.8 Å². The lowest BCUT2D eigenvalue weighted by Crippen LogP contribution is -2.44. The maximum absolute atomic E-state index is 5.00. The Kier molecular flexibility index (Phi) is 8.01. The van der Waals surface area contributed by atoms with Gasteiger partial charge in [-0.3, -0.25) is 0 Å². The largest absolute Gasteiger partial charge is 0.357 e. The number of aromatic nitrogens is 1. The summed E-state index contributed by atoms with van der Waals surface area (Å²) < 4.78 is 0. The van der Waals surface area contributed by atoms with Crippen LogP contribution in [-0.2, 0) is 6.54 Å². The van der Waals surface area contributed by atoms with Gasteiger partial charge in [-0.25, -0.2) is 9.98 Å². The smallest absolute Gasteiger partial charge is 0.194 e. The van der Waals surface area contributed by atoms with Crippen molar-refractivity contribution in [3.05, 3.63) is 23.9 Å². The van der Waals surface area contributed by atoms with Crippen LogP contribution >= 0.6 is 24.0 Å². The molecule has 4 rings (SSSR count). The SMILES string of the molecule is CCNC(=NCc1ccnc(N2CCN(C)CC2)c1)N1CCC2(CCCC2)C1.I. The molecule has 3 heterocycles. The van der Waals surface area contributed by atoms with Crippen molar-refractivity contribution in [1.82, 2.24) is 20.1 Å². The third-order valence-electron chi connectivity index (χ3n) is 6.79. The second kappa shape index (κ2) is 10.3. The van der Waals surface area contributed by atoms with Gasteiger partial charge in [0.2, 0.25) is 0 Å². The third kappa shape index (κ3) is 5.54. The van der Waals surface area contributed by atoms with Crippen LogP contribution in [0.2, 0.25) is 0 Å². The van der Waals surface area contributed by atoms with Gasteiger partial charge in [0.25, 0.3) is 0 Å². The fraction of sp³-hybridized carbons (Fsp3) is 0.727. The molecule has 0 radical (unpaired) electrons. The van der Waals surface area contributed by atoms with Crippen LogP contribution in [0, 0.1) is 5.41 Å². The Morgan fingerprint density at radius 2 is 1.90 bits per heavy atom. The molecule has 0 atom stereocenters. The lowest BCUT2D eigenvalue weighted by Gasteiger charge is -2.33. The van der Waals surface area contributed by atoms with Gasteiger partial charge < -0.3 is 20.0 Å². The Morgan fingerprint density at radius 1 is 1.14 bits per heavy atom. The second-order valence-corrected chi connectivity index (χ2v) is 8.86. The third-order valence-corrected chi connectivity index (χ3v) is 6.79. The molecule has 0 aromatic carbocycles. The summed E-state index contributed by atoms with van der Waals surface area (Å²) in [4.78, 5) is 16.9. The first-order valence-electron chi connectivity index (χ1n) is 11.1. The van der Waals surface area contributed by atoms with Crippen molar-refractivity contribution in [2.24, 2.45) is 10.4 Å². The zero-order chi connectivity index (χ0) is 19.4. The van der Waals surface area contributed by atoms with Crippen molar-refractivity contribution in [3.8, 4) is 0 Å². The van der Waals surface area contributed by atoms with Crippen molar-refractivity contribution in [1.29, 1.82) is 0 Å². The molecule has 0 amide bonds. The minimum atomic E-state index is 0. The maximum atomic E-state index is 5.00. The predicted octanol–water partition coefficient (Wildman–Crippen LogP) is 3.18. The summed E-state index contributed by atoms with van der Waals surface area (Å²) in [5.41, 5.74) is 1.82. The summed E-state index contributed by atoms with van der Waals surface area (Å²) in [5.74, 6) is 2.18. The van der Waals surface area contributed by atoms with E-state index in [-0.39, 0.29) is 24.0 Å². The number of anilines is 1. The summed E-state index contributed by atoms with van der Waals surface area (Å²) in [5, 5.41) is 3.53. The van der Waals surface area contributed by atoms with Crippen molar-refractivity contribution in [2.45, 2.75) is 45.6 Å². The van der Waals surface area contributed by atoms with Gasteiger partial charge >= 0.3 is 0 Å². The molecular weight excluding hydrogens is 475 g/mol. The number of rotatable bonds is 4. The fourth-order valence-electron chi connectivity index (χ4n) is 5.01. The summed E-state index contributed by atoms with van der Waals surface area (Å²) in [6.07, 6.45) is 8.90. The minimum Gasteiger partial charge on any atom is -0.357 e. The molecule has 6 nitrogen and oxygen atoms in total. The molecule has 1 aromatic heterocycles. The van der Waals surface area contributed by atoms with E-state index < -0.39 is 0 Å². The Bertz CT molecular complexity index is 680. The molecule has 0 bridgehead atoms. The van der Waals surface area contributed by atoms with Crippen LogP contribution in [0.1, 0.15) is 44.6 Å². The van der Waals surface area contributed by atoms with E-state index >= 15 is 0 Å². The first kappa shape index (κ1) is 22.6. The van der Waals surface area contributed by atoms with Crippen LogP contribution in [-0.4, -0.2) is 73.6 Å². The molecule has 0 unspecified atom stereocenters. The molecule has 1 spiro atoms. The monoisotopic (exact) mass is 512 g/mol. The number of guanidine groups is 1. The minimum absolute atomic E-state index is 0. The average molecular weight is 512 g/mol. The molecule has 1 saturated carbocycles. The van der Waals surface area contributed by atoms with Crippen LogP contribution in [0.3, 0.4) is 0 Å². The Morgan fingerprint density at radius 3 is 2.62 bits per heavy atom. The maximum Gasteiger partial charge on any atom is 0.194 e. The molecular formula is C22H37IN6. The van der Waals surface area contributed by atoms with E-state index in [0.29, 0.717) is 5.41 Å². The number of nitrogens with one attached hydrogen (secondary N) is 1. The van der Waals surface area contributed by atoms with Crippen molar-refractivity contribution in [2.75, 3.05) is 57.8 Å². The lowest BCUT2D eigenvalue weighted by molar-refractivity contribution is 0.309. The quantitative estimate of drug-likeness (QED) is 0.382. The second-order valence-electron chi connectivity index (χ2n) is 8.86. The number of aliphatic imine (C=N–C) groups is 1. The van der Waals surface area contributed by atoms with Crippen LogP contribution in [0.4, 0.5) is 5.82 Å². The van der Waals surface area contributed by atoms with E-state index in [1.165, 1.54) is 44.2 Å². The summed E-state index contributed by atoms with van der Waals surface area (Å²) in [7, 11) is 2.19. The first-order chi connectivity index (χ1) is 13.7. The van der Waals surface area contributed by atoms with E-state index in [4.69, 9.17) is 4.99 Å². The molecule has 1 aliphatic carbocycles. The highest BCUT2D eigenvalue weighted by atomic mass is 127. The molecule has 3 fully saturated rings. The average Bonchev–Trinajstić information content (AvgIpc) is 3.36. The summed E-state index contributed by atoms with van der Waals surface area (Å²) in [6.45, 7) is 10.4. The van der Waals surface area contributed by atoms with Gasteiger partial charge in [-0.2, -0.15) is 0 Å². The van der Waals surface area contributed by atoms with E-state index in [1.807, 2.05) is 6.20 Å². The highest BCUT2D eigenvalue weighted by Gasteiger charge is 2.41. The van der Waals surface area contributed by atoms with E-state index in [0.717, 1.165) is 57.6 Å². The van der Waals surface area contributed by atoms with Gasteiger partial charge in [-0.1, -0.05) is 12.8 Å². The highest BCUT2D eigenvalue weighted by Crippen LogP contribution is 2.45. The first-order valence-corrected chi connectivity index (χ1v) is 11.1. The molecule has 7 heteroatoms. The lowest BCUT2D eigenvalue weighted by atomic mass is 9.86. The zero-order valence-electron chi connectivity index (χ0n) is 18.1. The van der Waals surface area contributed by atoms with E-state index in [2.05, 4.69) is 51.1 Å². The van der Waals surface area contributed by atoms with Gasteiger partial charge in [0, 0.05) is 52.0 Å². The van der Waals surface area contributed by atoms with Crippen molar-refractivity contribution in [3.63, 3.8) is 0 Å². The molecule has 1 N–H and O–H groups in total. The molecule has 1 aromatic rings. The molecule has 3 aliphatic rings. The number of nitrogens with zero attached hydrogens (tertiary/aromatic N) is 5. The summed E-state index contributed by atoms with van der Waals surface area (Å²) in [6, 6.07) is 4.33. The number of piperazine rings is 1.